The van der Waals surface area contributed by atoms with Crippen LogP contribution in [0, 0.1) is 5.92 Å². The summed E-state index contributed by atoms with van der Waals surface area (Å²) in [4.78, 5) is 24.2. The van der Waals surface area contributed by atoms with E-state index < -0.39 is 0 Å². The van der Waals surface area contributed by atoms with E-state index in [0.29, 0.717) is 18.9 Å². The van der Waals surface area contributed by atoms with Crippen molar-refractivity contribution in [2.45, 2.75) is 25.3 Å². The fourth-order valence-corrected chi connectivity index (χ4v) is 2.01. The molecule has 2 saturated heterocycles. The smallest absolute Gasteiger partial charge is 0.240 e. The molecular weight excluding hydrogens is 194 g/mol. The topological polar surface area (TPSA) is 75.4 Å². The van der Waals surface area contributed by atoms with Crippen LogP contribution >= 0.6 is 0 Å². The molecule has 0 bridgehead atoms. The molecule has 2 aliphatic rings. The van der Waals surface area contributed by atoms with Crippen molar-refractivity contribution in [3.63, 3.8) is 0 Å². The van der Waals surface area contributed by atoms with Gasteiger partial charge in [-0.1, -0.05) is 0 Å². The first-order chi connectivity index (χ1) is 7.18. The van der Waals surface area contributed by atoms with Crippen LogP contribution in [0.4, 0.5) is 0 Å². The molecule has 5 heteroatoms. The molecule has 1 unspecified atom stereocenters. The second kappa shape index (κ2) is 4.18. The Kier molecular flexibility index (Phi) is 2.90. The van der Waals surface area contributed by atoms with E-state index in [2.05, 4.69) is 5.32 Å². The van der Waals surface area contributed by atoms with Crippen molar-refractivity contribution in [1.82, 2.24) is 10.2 Å². The van der Waals surface area contributed by atoms with Gasteiger partial charge in [0, 0.05) is 13.0 Å². The zero-order valence-electron chi connectivity index (χ0n) is 8.74. The van der Waals surface area contributed by atoms with Crippen molar-refractivity contribution in [2.75, 3.05) is 19.6 Å². The second-order valence-corrected chi connectivity index (χ2v) is 4.36. The molecule has 0 aromatic carbocycles. The molecule has 0 spiro atoms. The molecule has 2 rings (SSSR count). The Morgan fingerprint density at radius 1 is 1.40 bits per heavy atom. The summed E-state index contributed by atoms with van der Waals surface area (Å²) < 4.78 is 0. The molecule has 5 nitrogen and oxygen atoms in total. The molecule has 2 heterocycles. The summed E-state index contributed by atoms with van der Waals surface area (Å²) in [7, 11) is 0. The number of rotatable bonds is 4. The second-order valence-electron chi connectivity index (χ2n) is 4.36. The van der Waals surface area contributed by atoms with Gasteiger partial charge in [-0.3, -0.25) is 9.59 Å². The van der Waals surface area contributed by atoms with E-state index >= 15 is 0 Å². The van der Waals surface area contributed by atoms with E-state index in [4.69, 9.17) is 5.73 Å². The van der Waals surface area contributed by atoms with Gasteiger partial charge < -0.3 is 16.0 Å². The Morgan fingerprint density at radius 3 is 2.53 bits per heavy atom. The minimum absolute atomic E-state index is 0.0805. The number of hydrogen-bond donors (Lipinski definition) is 2. The first-order valence-electron chi connectivity index (χ1n) is 5.48. The number of likely N-dealkylation sites (tertiary alicyclic amines) is 1. The molecule has 1 atom stereocenters. The Bertz CT molecular complexity index is 276. The highest BCUT2D eigenvalue weighted by Gasteiger charge is 2.36. The summed E-state index contributed by atoms with van der Waals surface area (Å²) in [5, 5.41) is 3.17. The Morgan fingerprint density at radius 2 is 2.13 bits per heavy atom. The summed E-state index contributed by atoms with van der Waals surface area (Å²) >= 11 is 0. The number of nitrogens with zero attached hydrogens (tertiary/aromatic N) is 1. The van der Waals surface area contributed by atoms with Crippen LogP contribution in [0.3, 0.4) is 0 Å². The molecule has 2 amide bonds. The summed E-state index contributed by atoms with van der Waals surface area (Å²) in [6.45, 7) is 2.73. The van der Waals surface area contributed by atoms with Crippen molar-refractivity contribution in [1.29, 1.82) is 0 Å². The number of primary amides is 1. The maximum Gasteiger partial charge on any atom is 0.240 e. The largest absolute Gasteiger partial charge is 0.368 e. The van der Waals surface area contributed by atoms with Crippen LogP contribution in [-0.2, 0) is 9.59 Å². The Balaban J connectivity index is 1.73. The van der Waals surface area contributed by atoms with E-state index in [1.54, 1.807) is 4.90 Å². The number of carbonyl (C=O) groups is 2. The van der Waals surface area contributed by atoms with Crippen molar-refractivity contribution in [2.24, 2.45) is 11.7 Å². The number of amides is 2. The fourth-order valence-electron chi connectivity index (χ4n) is 2.01. The van der Waals surface area contributed by atoms with Crippen LogP contribution in [0.2, 0.25) is 0 Å². The van der Waals surface area contributed by atoms with Gasteiger partial charge in [-0.2, -0.15) is 0 Å². The van der Waals surface area contributed by atoms with E-state index in [1.165, 1.54) is 0 Å². The van der Waals surface area contributed by atoms with E-state index in [9.17, 15) is 9.59 Å². The maximum absolute atomic E-state index is 11.7. The summed E-state index contributed by atoms with van der Waals surface area (Å²) in [6, 6.07) is -0.336. The van der Waals surface area contributed by atoms with Gasteiger partial charge in [-0.25, -0.2) is 0 Å². The Hall–Kier alpha value is -1.10. The van der Waals surface area contributed by atoms with Crippen molar-refractivity contribution >= 4 is 11.8 Å². The Labute approximate surface area is 89.0 Å². The summed E-state index contributed by atoms with van der Waals surface area (Å²) in [6.07, 6.45) is 2.20. The SMILES string of the molecule is NC(=O)C1CCN1C(=O)CCC1CNC1. The van der Waals surface area contributed by atoms with Crippen LogP contribution in [0.25, 0.3) is 0 Å². The van der Waals surface area contributed by atoms with Crippen LogP contribution < -0.4 is 11.1 Å². The third kappa shape index (κ3) is 2.12. The van der Waals surface area contributed by atoms with Gasteiger partial charge in [0.05, 0.1) is 0 Å². The minimum atomic E-state index is -0.375. The van der Waals surface area contributed by atoms with E-state index in [1.807, 2.05) is 0 Å². The third-order valence-electron chi connectivity index (χ3n) is 3.30. The average molecular weight is 211 g/mol. The highest BCUT2D eigenvalue weighted by atomic mass is 16.2. The number of nitrogens with two attached hydrogens (primary N) is 1. The molecule has 2 fully saturated rings. The zero-order chi connectivity index (χ0) is 10.8. The van der Waals surface area contributed by atoms with Crippen molar-refractivity contribution in [3.05, 3.63) is 0 Å². The molecule has 0 aliphatic carbocycles. The summed E-state index contributed by atoms with van der Waals surface area (Å²) in [5.74, 6) is 0.346. The molecule has 84 valence electrons. The number of carbonyl (C=O) groups excluding carboxylic acids is 2. The van der Waals surface area contributed by atoms with Gasteiger partial charge in [-0.05, 0) is 31.8 Å². The van der Waals surface area contributed by atoms with E-state index in [-0.39, 0.29) is 17.9 Å². The highest BCUT2D eigenvalue weighted by Crippen LogP contribution is 2.20. The van der Waals surface area contributed by atoms with Gasteiger partial charge in [-0.15, -0.1) is 0 Å². The van der Waals surface area contributed by atoms with Gasteiger partial charge in [0.2, 0.25) is 11.8 Å². The minimum Gasteiger partial charge on any atom is -0.368 e. The molecule has 0 aromatic rings. The fraction of sp³-hybridized carbons (Fsp3) is 0.800. The zero-order valence-corrected chi connectivity index (χ0v) is 8.74. The molecule has 15 heavy (non-hydrogen) atoms. The standard InChI is InChI=1S/C10H17N3O2/c11-10(15)8-3-4-13(8)9(14)2-1-7-5-12-6-7/h7-8,12H,1-6H2,(H2,11,15). The highest BCUT2D eigenvalue weighted by molar-refractivity contribution is 5.88. The van der Waals surface area contributed by atoms with Gasteiger partial charge in [0.25, 0.3) is 0 Å². The lowest BCUT2D eigenvalue weighted by Crippen LogP contribution is -2.57. The van der Waals surface area contributed by atoms with Crippen LogP contribution in [0.15, 0.2) is 0 Å². The van der Waals surface area contributed by atoms with E-state index in [0.717, 1.165) is 25.9 Å². The average Bonchev–Trinajstić information content (AvgIpc) is 1.97. The van der Waals surface area contributed by atoms with Crippen LogP contribution in [0.5, 0.6) is 0 Å². The third-order valence-corrected chi connectivity index (χ3v) is 3.30. The van der Waals surface area contributed by atoms with Gasteiger partial charge in [0.15, 0.2) is 0 Å². The lowest BCUT2D eigenvalue weighted by atomic mass is 9.95. The molecule has 3 N–H and O–H groups in total. The van der Waals surface area contributed by atoms with Crippen LogP contribution in [-0.4, -0.2) is 42.4 Å². The number of nitrogens with one attached hydrogen (secondary N) is 1. The van der Waals surface area contributed by atoms with Gasteiger partial charge >= 0.3 is 0 Å². The predicted octanol–water partition coefficient (Wildman–Crippen LogP) is -0.928. The molecule has 0 aromatic heterocycles. The quantitative estimate of drug-likeness (QED) is 0.631. The monoisotopic (exact) mass is 211 g/mol. The maximum atomic E-state index is 11.7. The molecule has 0 saturated carbocycles. The number of hydrogen-bond acceptors (Lipinski definition) is 3. The lowest BCUT2D eigenvalue weighted by molar-refractivity contribution is -0.146. The predicted molar refractivity (Wildman–Crippen MR) is 54.9 cm³/mol. The van der Waals surface area contributed by atoms with Crippen LogP contribution in [0.1, 0.15) is 19.3 Å². The lowest BCUT2D eigenvalue weighted by Gasteiger charge is -2.39. The summed E-state index contributed by atoms with van der Waals surface area (Å²) in [5.41, 5.74) is 5.18. The van der Waals surface area contributed by atoms with Crippen molar-refractivity contribution in [3.8, 4) is 0 Å². The normalized spacial score (nSPS) is 25.6. The molecular formula is C10H17N3O2. The molecule has 2 aliphatic heterocycles. The van der Waals surface area contributed by atoms with Crippen molar-refractivity contribution < 1.29 is 9.59 Å². The first-order valence-corrected chi connectivity index (χ1v) is 5.48. The molecule has 0 radical (unpaired) electrons. The van der Waals surface area contributed by atoms with Gasteiger partial charge in [0.1, 0.15) is 6.04 Å². The first kappa shape index (κ1) is 10.4.